The van der Waals surface area contributed by atoms with Gasteiger partial charge in [-0.3, -0.25) is 9.10 Å². The number of hydrogen-bond acceptors (Lipinski definition) is 4. The number of carbonyl (C=O) groups is 1. The van der Waals surface area contributed by atoms with E-state index in [2.05, 4.69) is 5.32 Å². The van der Waals surface area contributed by atoms with E-state index in [0.29, 0.717) is 18.8 Å². The van der Waals surface area contributed by atoms with E-state index >= 15 is 0 Å². The zero-order valence-electron chi connectivity index (χ0n) is 13.0. The number of carbonyl (C=O) groups excluding carboxylic acids is 1. The maximum atomic E-state index is 12.9. The minimum atomic E-state index is -3.54. The summed E-state index contributed by atoms with van der Waals surface area (Å²) in [5, 5.41) is 2.72. The Morgan fingerprint density at radius 3 is 2.27 bits per heavy atom. The SMILES string of the molecule is CN(C)CCNC(=O)CCN(c1ccc(F)cc1)S(C)(=O)=O. The summed E-state index contributed by atoms with van der Waals surface area (Å²) in [7, 11) is 0.252. The summed E-state index contributed by atoms with van der Waals surface area (Å²) < 4.78 is 37.7. The number of halogens is 1. The first kappa shape index (κ1) is 18.4. The van der Waals surface area contributed by atoms with Crippen LogP contribution in [0.3, 0.4) is 0 Å². The van der Waals surface area contributed by atoms with Crippen molar-refractivity contribution in [3.63, 3.8) is 0 Å². The van der Waals surface area contributed by atoms with Crippen molar-refractivity contribution < 1.29 is 17.6 Å². The minimum absolute atomic E-state index is 0.0122. The molecule has 0 aliphatic rings. The average Bonchev–Trinajstić information content (AvgIpc) is 2.39. The smallest absolute Gasteiger partial charge is 0.232 e. The van der Waals surface area contributed by atoms with Gasteiger partial charge in [0.05, 0.1) is 11.9 Å². The molecule has 22 heavy (non-hydrogen) atoms. The summed E-state index contributed by atoms with van der Waals surface area (Å²) >= 11 is 0. The minimum Gasteiger partial charge on any atom is -0.355 e. The molecule has 1 aromatic carbocycles. The molecular formula is C14H22FN3O3S. The van der Waals surface area contributed by atoms with E-state index in [9.17, 15) is 17.6 Å². The van der Waals surface area contributed by atoms with Gasteiger partial charge in [0.25, 0.3) is 0 Å². The Kier molecular flexibility index (Phi) is 6.76. The lowest BCUT2D eigenvalue weighted by molar-refractivity contribution is -0.120. The van der Waals surface area contributed by atoms with Gasteiger partial charge in [-0.15, -0.1) is 0 Å². The van der Waals surface area contributed by atoms with Crippen LogP contribution in [0.25, 0.3) is 0 Å². The monoisotopic (exact) mass is 331 g/mol. The number of anilines is 1. The molecular weight excluding hydrogens is 309 g/mol. The first-order valence-corrected chi connectivity index (χ1v) is 8.69. The number of benzene rings is 1. The molecule has 0 atom stereocenters. The molecule has 6 nitrogen and oxygen atoms in total. The number of nitrogens with zero attached hydrogens (tertiary/aromatic N) is 2. The Labute approximate surface area is 131 Å². The second kappa shape index (κ2) is 8.09. The van der Waals surface area contributed by atoms with Crippen molar-refractivity contribution in [3.05, 3.63) is 30.1 Å². The standard InChI is InChI=1S/C14H22FN3O3S/c1-17(2)11-9-16-14(19)8-10-18(22(3,20)21)13-6-4-12(15)5-7-13/h4-7H,8-11H2,1-3H3,(H,16,19). The zero-order chi connectivity index (χ0) is 16.8. The third-order valence-electron chi connectivity index (χ3n) is 2.94. The summed E-state index contributed by atoms with van der Waals surface area (Å²) in [6.45, 7) is 1.22. The Hall–Kier alpha value is -1.67. The largest absolute Gasteiger partial charge is 0.355 e. The number of nitrogens with one attached hydrogen (secondary N) is 1. The third kappa shape index (κ3) is 6.40. The molecule has 8 heteroatoms. The van der Waals surface area contributed by atoms with Gasteiger partial charge in [-0.1, -0.05) is 0 Å². The van der Waals surface area contributed by atoms with E-state index in [1.165, 1.54) is 24.3 Å². The van der Waals surface area contributed by atoms with Crippen LogP contribution in [0.2, 0.25) is 0 Å². The van der Waals surface area contributed by atoms with Gasteiger partial charge in [-0.05, 0) is 38.4 Å². The number of rotatable bonds is 8. The molecule has 0 aliphatic heterocycles. The molecule has 0 aromatic heterocycles. The second-order valence-corrected chi connectivity index (χ2v) is 7.12. The molecule has 124 valence electrons. The summed E-state index contributed by atoms with van der Waals surface area (Å²) in [6, 6.07) is 5.12. The normalized spacial score (nSPS) is 11.5. The molecule has 0 bridgehead atoms. The molecule has 0 spiro atoms. The van der Waals surface area contributed by atoms with Gasteiger partial charge >= 0.3 is 0 Å². The molecule has 0 unspecified atom stereocenters. The van der Waals surface area contributed by atoms with Gasteiger partial charge < -0.3 is 10.2 Å². The predicted molar refractivity (Wildman–Crippen MR) is 84.8 cm³/mol. The summed E-state index contributed by atoms with van der Waals surface area (Å²) in [4.78, 5) is 13.7. The molecule has 0 aliphatic carbocycles. The number of hydrogen-bond donors (Lipinski definition) is 1. The molecule has 1 N–H and O–H groups in total. The molecule has 1 rings (SSSR count). The number of likely N-dealkylation sites (N-methyl/N-ethyl adjacent to an activating group) is 1. The topological polar surface area (TPSA) is 69.7 Å². The quantitative estimate of drug-likeness (QED) is 0.760. The van der Waals surface area contributed by atoms with Crippen LogP contribution in [0, 0.1) is 5.82 Å². The third-order valence-corrected chi connectivity index (χ3v) is 4.13. The molecule has 0 radical (unpaired) electrons. The molecule has 0 fully saturated rings. The van der Waals surface area contributed by atoms with Gasteiger partial charge in [-0.2, -0.15) is 0 Å². The maximum Gasteiger partial charge on any atom is 0.232 e. The maximum absolute atomic E-state index is 12.9. The van der Waals surface area contributed by atoms with Crippen molar-refractivity contribution in [2.45, 2.75) is 6.42 Å². The van der Waals surface area contributed by atoms with Gasteiger partial charge in [0.1, 0.15) is 5.82 Å². The number of amides is 1. The van der Waals surface area contributed by atoms with E-state index in [0.717, 1.165) is 10.6 Å². The lowest BCUT2D eigenvalue weighted by Crippen LogP contribution is -2.36. The fraction of sp³-hybridized carbons (Fsp3) is 0.500. The van der Waals surface area contributed by atoms with Crippen molar-refractivity contribution in [1.82, 2.24) is 10.2 Å². The molecule has 1 aromatic rings. The predicted octanol–water partition coefficient (Wildman–Crippen LogP) is 0.660. The molecule has 0 saturated carbocycles. The first-order chi connectivity index (χ1) is 10.2. The summed E-state index contributed by atoms with van der Waals surface area (Å²) in [5.74, 6) is -0.670. The van der Waals surface area contributed by atoms with Gasteiger partial charge in [0, 0.05) is 26.1 Å². The van der Waals surface area contributed by atoms with E-state index in [-0.39, 0.29) is 18.9 Å². The molecule has 1 amide bonds. The highest BCUT2D eigenvalue weighted by Crippen LogP contribution is 2.18. The summed E-state index contributed by atoms with van der Waals surface area (Å²) in [6.07, 6.45) is 1.10. The van der Waals surface area contributed by atoms with Crippen LogP contribution >= 0.6 is 0 Å². The fourth-order valence-corrected chi connectivity index (χ4v) is 2.73. The highest BCUT2D eigenvalue weighted by Gasteiger charge is 2.18. The van der Waals surface area contributed by atoms with Crippen molar-refractivity contribution in [1.29, 1.82) is 0 Å². The van der Waals surface area contributed by atoms with Crippen molar-refractivity contribution >= 4 is 21.6 Å². The van der Waals surface area contributed by atoms with E-state index < -0.39 is 15.8 Å². The van der Waals surface area contributed by atoms with Crippen LogP contribution in [-0.2, 0) is 14.8 Å². The van der Waals surface area contributed by atoms with Crippen molar-refractivity contribution in [3.8, 4) is 0 Å². The Morgan fingerprint density at radius 1 is 1.18 bits per heavy atom. The van der Waals surface area contributed by atoms with Crippen LogP contribution in [0.1, 0.15) is 6.42 Å². The average molecular weight is 331 g/mol. The molecule has 0 heterocycles. The van der Waals surface area contributed by atoms with Crippen molar-refractivity contribution in [2.24, 2.45) is 0 Å². The lowest BCUT2D eigenvalue weighted by atomic mass is 10.3. The van der Waals surface area contributed by atoms with Crippen LogP contribution < -0.4 is 9.62 Å². The van der Waals surface area contributed by atoms with Gasteiger partial charge in [-0.25, -0.2) is 12.8 Å². The Balaban J connectivity index is 2.64. The summed E-state index contributed by atoms with van der Waals surface area (Å²) in [5.41, 5.74) is 0.338. The highest BCUT2D eigenvalue weighted by atomic mass is 32.2. The van der Waals surface area contributed by atoms with Crippen LogP contribution in [-0.4, -0.2) is 59.2 Å². The fourth-order valence-electron chi connectivity index (χ4n) is 1.80. The van der Waals surface area contributed by atoms with Gasteiger partial charge in [0.2, 0.25) is 15.9 Å². The van der Waals surface area contributed by atoms with Gasteiger partial charge in [0.15, 0.2) is 0 Å². The number of sulfonamides is 1. The van der Waals surface area contributed by atoms with Crippen LogP contribution in [0.4, 0.5) is 10.1 Å². The van der Waals surface area contributed by atoms with E-state index in [1.54, 1.807) is 0 Å². The van der Waals surface area contributed by atoms with Crippen LogP contribution in [0.15, 0.2) is 24.3 Å². The van der Waals surface area contributed by atoms with E-state index in [4.69, 9.17) is 0 Å². The molecule has 0 saturated heterocycles. The highest BCUT2D eigenvalue weighted by molar-refractivity contribution is 7.92. The van der Waals surface area contributed by atoms with Crippen LogP contribution in [0.5, 0.6) is 0 Å². The Morgan fingerprint density at radius 2 is 1.77 bits per heavy atom. The van der Waals surface area contributed by atoms with E-state index in [1.807, 2.05) is 19.0 Å². The zero-order valence-corrected chi connectivity index (χ0v) is 13.9. The lowest BCUT2D eigenvalue weighted by Gasteiger charge is -2.22. The first-order valence-electron chi connectivity index (χ1n) is 6.85. The Bertz CT molecular complexity index is 588. The van der Waals surface area contributed by atoms with Crippen molar-refractivity contribution in [2.75, 3.05) is 44.3 Å². The second-order valence-electron chi connectivity index (χ2n) is 5.21.